The smallest absolute Gasteiger partial charge is 0.0743 e. The van der Waals surface area contributed by atoms with Gasteiger partial charge in [-0.25, -0.2) is 0 Å². The second-order valence-corrected chi connectivity index (χ2v) is 5.08. The molecule has 1 heterocycles. The van der Waals surface area contributed by atoms with E-state index < -0.39 is 0 Å². The molecule has 0 saturated heterocycles. The van der Waals surface area contributed by atoms with E-state index in [9.17, 15) is 0 Å². The summed E-state index contributed by atoms with van der Waals surface area (Å²) in [6, 6.07) is 7.81. The average molecular weight is 259 g/mol. The average Bonchev–Trinajstić information content (AvgIpc) is 2.38. The maximum absolute atomic E-state index is 5.76. The van der Waals surface area contributed by atoms with Crippen molar-refractivity contribution in [3.63, 3.8) is 0 Å². The van der Waals surface area contributed by atoms with Crippen molar-refractivity contribution in [3.05, 3.63) is 43.1 Å². The Morgan fingerprint density at radius 3 is 3.11 bits per heavy atom. The molecule has 0 radical (unpaired) electrons. The topological polar surface area (TPSA) is 50.9 Å². The molecule has 3 N–H and O–H groups in total. The van der Waals surface area contributed by atoms with Gasteiger partial charge in [0.2, 0.25) is 0 Å². The predicted molar refractivity (Wildman–Crippen MR) is 82.2 cm³/mol. The van der Waals surface area contributed by atoms with E-state index in [0.29, 0.717) is 0 Å². The molecule has 0 unspecified atom stereocenters. The normalized spacial score (nSPS) is 10.4. The van der Waals surface area contributed by atoms with E-state index in [0.717, 1.165) is 40.3 Å². The summed E-state index contributed by atoms with van der Waals surface area (Å²) in [6.07, 6.45) is 3.73. The second-order valence-electron chi connectivity index (χ2n) is 3.93. The lowest BCUT2D eigenvalue weighted by molar-refractivity contribution is 1.23. The van der Waals surface area contributed by atoms with Crippen LogP contribution in [0.3, 0.4) is 0 Å². The van der Waals surface area contributed by atoms with Gasteiger partial charge >= 0.3 is 0 Å². The number of anilines is 2. The summed E-state index contributed by atoms with van der Waals surface area (Å²) < 4.78 is 0. The fraction of sp³-hybridized carbons (Fsp3) is 0.214. The molecule has 0 fully saturated rings. The Hall–Kier alpha value is -1.68. The first-order valence-corrected chi connectivity index (χ1v) is 7.03. The van der Waals surface area contributed by atoms with Gasteiger partial charge < -0.3 is 11.1 Å². The number of nitrogens with two attached hydrogens (primary N) is 1. The standard InChI is InChI=1S/C14H17N3S/c1-2-8-18-9-7-17-13-5-6-16-14-10-11(15)3-4-12(13)14/h2-6,10H,1,7-9,15H2,(H,16,17). The highest BCUT2D eigenvalue weighted by atomic mass is 32.2. The lowest BCUT2D eigenvalue weighted by atomic mass is 10.1. The maximum atomic E-state index is 5.76. The molecule has 0 amide bonds. The number of nitrogens with zero attached hydrogens (tertiary/aromatic N) is 1. The van der Waals surface area contributed by atoms with Crippen molar-refractivity contribution in [2.24, 2.45) is 0 Å². The molecule has 18 heavy (non-hydrogen) atoms. The van der Waals surface area contributed by atoms with Crippen LogP contribution in [-0.4, -0.2) is 23.0 Å². The Morgan fingerprint density at radius 1 is 1.39 bits per heavy atom. The van der Waals surface area contributed by atoms with Crippen molar-refractivity contribution >= 4 is 34.0 Å². The second kappa shape index (κ2) is 6.31. The van der Waals surface area contributed by atoms with Gasteiger partial charge in [-0.15, -0.1) is 6.58 Å². The van der Waals surface area contributed by atoms with Crippen molar-refractivity contribution in [1.82, 2.24) is 4.98 Å². The van der Waals surface area contributed by atoms with Crippen LogP contribution in [0.15, 0.2) is 43.1 Å². The SMILES string of the molecule is C=CCSCCNc1ccnc2cc(N)ccc12. The van der Waals surface area contributed by atoms with Gasteiger partial charge in [0, 0.05) is 41.0 Å². The highest BCUT2D eigenvalue weighted by Gasteiger charge is 2.01. The van der Waals surface area contributed by atoms with Crippen LogP contribution in [0.5, 0.6) is 0 Å². The van der Waals surface area contributed by atoms with Crippen LogP contribution < -0.4 is 11.1 Å². The fourth-order valence-corrected chi connectivity index (χ4v) is 2.32. The summed E-state index contributed by atoms with van der Waals surface area (Å²) in [6.45, 7) is 4.64. The third-order valence-corrected chi connectivity index (χ3v) is 3.53. The molecule has 0 bridgehead atoms. The predicted octanol–water partition coefficient (Wildman–Crippen LogP) is 3.15. The number of benzene rings is 1. The molecule has 0 spiro atoms. The molecule has 1 aromatic heterocycles. The van der Waals surface area contributed by atoms with Crippen molar-refractivity contribution in [1.29, 1.82) is 0 Å². The number of pyridine rings is 1. The van der Waals surface area contributed by atoms with Crippen LogP contribution in [0.25, 0.3) is 10.9 Å². The lowest BCUT2D eigenvalue weighted by Crippen LogP contribution is -2.05. The van der Waals surface area contributed by atoms with E-state index in [1.165, 1.54) is 0 Å². The summed E-state index contributed by atoms with van der Waals surface area (Å²) in [4.78, 5) is 4.32. The zero-order valence-corrected chi connectivity index (χ0v) is 11.0. The van der Waals surface area contributed by atoms with Gasteiger partial charge in [-0.3, -0.25) is 4.98 Å². The Kier molecular flexibility index (Phi) is 4.47. The summed E-state index contributed by atoms with van der Waals surface area (Å²) in [7, 11) is 0. The van der Waals surface area contributed by atoms with Crippen molar-refractivity contribution < 1.29 is 0 Å². The van der Waals surface area contributed by atoms with Gasteiger partial charge in [0.1, 0.15) is 0 Å². The van der Waals surface area contributed by atoms with Crippen LogP contribution in [0.2, 0.25) is 0 Å². The van der Waals surface area contributed by atoms with E-state index in [4.69, 9.17) is 5.73 Å². The van der Waals surface area contributed by atoms with E-state index >= 15 is 0 Å². The zero-order valence-electron chi connectivity index (χ0n) is 10.2. The number of aromatic nitrogens is 1. The summed E-state index contributed by atoms with van der Waals surface area (Å²) in [5.41, 5.74) is 8.54. The quantitative estimate of drug-likeness (QED) is 0.475. The molecule has 0 aliphatic heterocycles. The monoisotopic (exact) mass is 259 g/mol. The Bertz CT molecular complexity index is 540. The first kappa shape index (κ1) is 12.8. The molecule has 2 rings (SSSR count). The molecule has 94 valence electrons. The minimum absolute atomic E-state index is 0.744. The number of hydrogen-bond acceptors (Lipinski definition) is 4. The highest BCUT2D eigenvalue weighted by molar-refractivity contribution is 7.99. The van der Waals surface area contributed by atoms with Gasteiger partial charge in [-0.05, 0) is 24.3 Å². The molecule has 2 aromatic rings. The van der Waals surface area contributed by atoms with Crippen LogP contribution >= 0.6 is 11.8 Å². The molecular formula is C14H17N3S. The molecule has 1 aromatic carbocycles. The molecule has 0 atom stereocenters. The van der Waals surface area contributed by atoms with Crippen molar-refractivity contribution in [3.8, 4) is 0 Å². The number of thioether (sulfide) groups is 1. The van der Waals surface area contributed by atoms with Gasteiger partial charge in [0.05, 0.1) is 5.52 Å². The minimum atomic E-state index is 0.744. The van der Waals surface area contributed by atoms with Gasteiger partial charge in [0.25, 0.3) is 0 Å². The molecule has 0 aliphatic carbocycles. The van der Waals surface area contributed by atoms with Gasteiger partial charge in [-0.1, -0.05) is 6.08 Å². The van der Waals surface area contributed by atoms with E-state index in [2.05, 4.69) is 16.9 Å². The van der Waals surface area contributed by atoms with E-state index in [1.807, 2.05) is 42.1 Å². The summed E-state index contributed by atoms with van der Waals surface area (Å²) in [5.74, 6) is 2.06. The largest absolute Gasteiger partial charge is 0.399 e. The van der Waals surface area contributed by atoms with Crippen LogP contribution in [0, 0.1) is 0 Å². The first-order chi connectivity index (χ1) is 8.81. The third kappa shape index (κ3) is 3.17. The number of nitrogen functional groups attached to an aromatic ring is 1. The Labute approximate surface area is 111 Å². The lowest BCUT2D eigenvalue weighted by Gasteiger charge is -2.09. The van der Waals surface area contributed by atoms with Gasteiger partial charge in [-0.2, -0.15) is 11.8 Å². The number of hydrogen-bond donors (Lipinski definition) is 2. The summed E-state index contributed by atoms with van der Waals surface area (Å²) >= 11 is 1.86. The molecule has 0 saturated carbocycles. The first-order valence-electron chi connectivity index (χ1n) is 5.88. The van der Waals surface area contributed by atoms with Gasteiger partial charge in [0.15, 0.2) is 0 Å². The molecule has 0 aliphatic rings. The number of fused-ring (bicyclic) bond motifs is 1. The maximum Gasteiger partial charge on any atom is 0.0743 e. The number of rotatable bonds is 6. The zero-order chi connectivity index (χ0) is 12.8. The minimum Gasteiger partial charge on any atom is -0.399 e. The highest BCUT2D eigenvalue weighted by Crippen LogP contribution is 2.23. The molecular weight excluding hydrogens is 242 g/mol. The fourth-order valence-electron chi connectivity index (χ4n) is 1.74. The Morgan fingerprint density at radius 2 is 2.28 bits per heavy atom. The van der Waals surface area contributed by atoms with E-state index in [1.54, 1.807) is 6.20 Å². The Balaban J connectivity index is 2.06. The van der Waals surface area contributed by atoms with E-state index in [-0.39, 0.29) is 0 Å². The van der Waals surface area contributed by atoms with Crippen LogP contribution in [0.4, 0.5) is 11.4 Å². The van der Waals surface area contributed by atoms with Crippen LogP contribution in [0.1, 0.15) is 0 Å². The third-order valence-electron chi connectivity index (χ3n) is 2.56. The molecule has 4 heteroatoms. The van der Waals surface area contributed by atoms with Crippen LogP contribution in [-0.2, 0) is 0 Å². The molecule has 3 nitrogen and oxygen atoms in total. The summed E-state index contributed by atoms with van der Waals surface area (Å²) in [5, 5.41) is 4.54. The van der Waals surface area contributed by atoms with Crippen molar-refractivity contribution in [2.45, 2.75) is 0 Å². The van der Waals surface area contributed by atoms with Crippen molar-refractivity contribution in [2.75, 3.05) is 29.1 Å². The number of nitrogens with one attached hydrogen (secondary N) is 1.